The molecule has 0 aromatic heterocycles. The summed E-state index contributed by atoms with van der Waals surface area (Å²) in [5.74, 6) is -1.81. The Bertz CT molecular complexity index is 1590. The van der Waals surface area contributed by atoms with Gasteiger partial charge in [-0.3, -0.25) is 14.6 Å². The molecule has 0 saturated carbocycles. The monoisotopic (exact) mass is 516 g/mol. The number of hydrogen-bond acceptors (Lipinski definition) is 3. The first-order valence-corrected chi connectivity index (χ1v) is 13.4. The molecule has 4 aliphatic rings. The van der Waals surface area contributed by atoms with Gasteiger partial charge in [-0.2, -0.15) is 0 Å². The first kappa shape index (κ1) is 23.1. The highest BCUT2D eigenvalue weighted by atomic mass is 35.5. The lowest BCUT2D eigenvalue weighted by Gasteiger charge is -2.52. The number of para-hydroxylation sites is 1. The fraction of sp³-hybridized carbons (Fsp3) is 0.182. The second kappa shape index (κ2) is 8.50. The van der Waals surface area contributed by atoms with Gasteiger partial charge in [0.1, 0.15) is 0 Å². The van der Waals surface area contributed by atoms with Gasteiger partial charge < -0.3 is 0 Å². The minimum Gasteiger partial charge on any atom is -0.274 e. The Morgan fingerprint density at radius 3 is 2.05 bits per heavy atom. The lowest BCUT2D eigenvalue weighted by Crippen LogP contribution is -2.54. The standard InChI is InChI=1S/C33H25ClN2O2/c1-2-20-15-17-21(18-16-20)35-19-33-24-11-5-3-9-22(24)28(23-10-4-6-12-25(23)33)29-30(33)32(38)36(31(29)37)27-14-8-7-13-26(27)34/h3-19,28-30H,2H2,1H3/t28?,29-,30-,33?/m0/s1. The van der Waals surface area contributed by atoms with Gasteiger partial charge in [0.05, 0.1) is 33.6 Å². The third-order valence-corrected chi connectivity index (χ3v) is 8.86. The zero-order valence-electron chi connectivity index (χ0n) is 20.8. The van der Waals surface area contributed by atoms with Crippen LogP contribution < -0.4 is 4.90 Å². The van der Waals surface area contributed by atoms with Gasteiger partial charge in [-0.15, -0.1) is 0 Å². The van der Waals surface area contributed by atoms with Crippen LogP contribution in [0.15, 0.2) is 102 Å². The topological polar surface area (TPSA) is 49.7 Å². The molecule has 186 valence electrons. The van der Waals surface area contributed by atoms with Crippen molar-refractivity contribution in [2.45, 2.75) is 24.7 Å². The van der Waals surface area contributed by atoms with Crippen LogP contribution in [0, 0.1) is 11.8 Å². The summed E-state index contributed by atoms with van der Waals surface area (Å²) in [7, 11) is 0. The van der Waals surface area contributed by atoms with Gasteiger partial charge in [0.25, 0.3) is 0 Å². The minimum absolute atomic E-state index is 0.202. The number of rotatable bonds is 4. The summed E-state index contributed by atoms with van der Waals surface area (Å²) in [5, 5.41) is 0.383. The SMILES string of the molecule is CCc1ccc(N=CC23c4ccccc4C(c4ccccc42)[C@@H]2C(=O)N(c4ccccc4Cl)C(=O)[C@H]23)cc1. The summed E-state index contributed by atoms with van der Waals surface area (Å²) in [6, 6.07) is 31.7. The Hall–Kier alpha value is -4.02. The Labute approximate surface area is 226 Å². The van der Waals surface area contributed by atoms with E-state index in [1.54, 1.807) is 24.3 Å². The number of halogens is 1. The predicted molar refractivity (Wildman–Crippen MR) is 150 cm³/mol. The van der Waals surface area contributed by atoms with Gasteiger partial charge in [0.15, 0.2) is 0 Å². The number of aryl methyl sites for hydroxylation is 1. The summed E-state index contributed by atoms with van der Waals surface area (Å²) in [6.07, 6.45) is 2.88. The molecule has 1 fully saturated rings. The van der Waals surface area contributed by atoms with E-state index in [1.165, 1.54) is 10.5 Å². The van der Waals surface area contributed by atoms with Crippen LogP contribution in [0.3, 0.4) is 0 Å². The minimum atomic E-state index is -0.890. The molecule has 1 aliphatic heterocycles. The van der Waals surface area contributed by atoms with E-state index in [-0.39, 0.29) is 17.7 Å². The molecular formula is C33H25ClN2O2. The van der Waals surface area contributed by atoms with Crippen molar-refractivity contribution in [3.05, 3.63) is 130 Å². The van der Waals surface area contributed by atoms with Crippen LogP contribution in [0.5, 0.6) is 0 Å². The molecule has 2 amide bonds. The number of carbonyl (C=O) groups excluding carboxylic acids is 2. The predicted octanol–water partition coefficient (Wildman–Crippen LogP) is 6.86. The smallest absolute Gasteiger partial charge is 0.239 e. The molecule has 38 heavy (non-hydrogen) atoms. The van der Waals surface area contributed by atoms with Gasteiger partial charge in [0.2, 0.25) is 11.8 Å². The lowest BCUT2D eigenvalue weighted by molar-refractivity contribution is -0.122. The molecule has 0 radical (unpaired) electrons. The molecule has 0 unspecified atom stereocenters. The van der Waals surface area contributed by atoms with E-state index in [0.717, 1.165) is 34.4 Å². The van der Waals surface area contributed by atoms with Crippen LogP contribution in [-0.4, -0.2) is 18.0 Å². The van der Waals surface area contributed by atoms with E-state index in [0.29, 0.717) is 10.7 Å². The van der Waals surface area contributed by atoms with Crippen molar-refractivity contribution in [3.8, 4) is 0 Å². The van der Waals surface area contributed by atoms with E-state index in [2.05, 4.69) is 43.3 Å². The first-order chi connectivity index (χ1) is 18.6. The van der Waals surface area contributed by atoms with Crippen LogP contribution in [-0.2, 0) is 21.4 Å². The second-order valence-electron chi connectivity index (χ2n) is 10.3. The van der Waals surface area contributed by atoms with Crippen molar-refractivity contribution in [3.63, 3.8) is 0 Å². The Morgan fingerprint density at radius 2 is 1.42 bits per heavy atom. The largest absolute Gasteiger partial charge is 0.274 e. The number of hydrogen-bond donors (Lipinski definition) is 0. The number of aliphatic imine (C=N–C) groups is 1. The molecule has 4 aromatic rings. The van der Waals surface area contributed by atoms with Crippen LogP contribution in [0.2, 0.25) is 5.02 Å². The van der Waals surface area contributed by atoms with E-state index in [9.17, 15) is 9.59 Å². The van der Waals surface area contributed by atoms with Crippen LogP contribution in [0.4, 0.5) is 11.4 Å². The molecule has 0 N–H and O–H groups in total. The van der Waals surface area contributed by atoms with E-state index in [4.69, 9.17) is 16.6 Å². The number of benzene rings is 4. The van der Waals surface area contributed by atoms with E-state index >= 15 is 0 Å². The molecule has 3 aliphatic carbocycles. The van der Waals surface area contributed by atoms with Gasteiger partial charge in [-0.1, -0.05) is 91.3 Å². The highest BCUT2D eigenvalue weighted by Crippen LogP contribution is 2.64. The number of imide groups is 1. The average molecular weight is 517 g/mol. The second-order valence-corrected chi connectivity index (χ2v) is 10.7. The molecule has 8 rings (SSSR count). The maximum absolute atomic E-state index is 14.4. The van der Waals surface area contributed by atoms with E-state index < -0.39 is 17.3 Å². The first-order valence-electron chi connectivity index (χ1n) is 13.0. The normalized spacial score (nSPS) is 25.0. The third kappa shape index (κ3) is 3.01. The summed E-state index contributed by atoms with van der Waals surface area (Å²) in [6.45, 7) is 2.12. The van der Waals surface area contributed by atoms with Gasteiger partial charge in [0, 0.05) is 12.1 Å². The lowest BCUT2D eigenvalue weighted by atomic mass is 9.47. The number of amides is 2. The molecule has 4 nitrogen and oxygen atoms in total. The molecular weight excluding hydrogens is 492 g/mol. The van der Waals surface area contributed by atoms with Crippen molar-refractivity contribution >= 4 is 41.0 Å². The van der Waals surface area contributed by atoms with Crippen LogP contribution in [0.1, 0.15) is 40.7 Å². The maximum atomic E-state index is 14.4. The molecule has 5 heteroatoms. The summed E-state index contributed by atoms with van der Waals surface area (Å²) in [4.78, 5) is 34.9. The van der Waals surface area contributed by atoms with Crippen LogP contribution in [0.25, 0.3) is 0 Å². The fourth-order valence-corrected chi connectivity index (χ4v) is 7.13. The van der Waals surface area contributed by atoms with Gasteiger partial charge >= 0.3 is 0 Å². The summed E-state index contributed by atoms with van der Waals surface area (Å²) < 4.78 is 0. The summed E-state index contributed by atoms with van der Waals surface area (Å²) >= 11 is 6.53. The molecule has 0 spiro atoms. The van der Waals surface area contributed by atoms with Crippen LogP contribution >= 0.6 is 11.6 Å². The third-order valence-electron chi connectivity index (χ3n) is 8.54. The zero-order chi connectivity index (χ0) is 26.0. The van der Waals surface area contributed by atoms with Crippen molar-refractivity contribution < 1.29 is 9.59 Å². The van der Waals surface area contributed by atoms with Crippen molar-refractivity contribution in [2.24, 2.45) is 16.8 Å². The highest BCUT2D eigenvalue weighted by molar-refractivity contribution is 6.36. The highest BCUT2D eigenvalue weighted by Gasteiger charge is 2.68. The van der Waals surface area contributed by atoms with Crippen molar-refractivity contribution in [2.75, 3.05) is 4.90 Å². The van der Waals surface area contributed by atoms with E-state index in [1.807, 2.05) is 42.6 Å². The number of carbonyl (C=O) groups is 2. The van der Waals surface area contributed by atoms with Crippen molar-refractivity contribution in [1.82, 2.24) is 0 Å². The van der Waals surface area contributed by atoms with Gasteiger partial charge in [-0.25, -0.2) is 4.90 Å². The molecule has 2 atom stereocenters. The Kier molecular flexibility index (Phi) is 5.17. The number of anilines is 1. The van der Waals surface area contributed by atoms with Crippen molar-refractivity contribution in [1.29, 1.82) is 0 Å². The van der Waals surface area contributed by atoms with Gasteiger partial charge in [-0.05, 0) is 58.5 Å². The maximum Gasteiger partial charge on any atom is 0.239 e. The zero-order valence-corrected chi connectivity index (χ0v) is 21.6. The molecule has 1 heterocycles. The molecule has 4 aromatic carbocycles. The summed E-state index contributed by atoms with van der Waals surface area (Å²) in [5.41, 5.74) is 5.86. The quantitative estimate of drug-likeness (QED) is 0.220. The molecule has 1 saturated heterocycles. The Morgan fingerprint density at radius 1 is 0.816 bits per heavy atom. The molecule has 2 bridgehead atoms. The Balaban J connectivity index is 1.49. The average Bonchev–Trinajstić information content (AvgIpc) is 3.23. The fourth-order valence-electron chi connectivity index (χ4n) is 6.91. The number of nitrogens with zero attached hydrogens (tertiary/aromatic N) is 2.